The average Bonchev–Trinajstić information content (AvgIpc) is 2.69. The van der Waals surface area contributed by atoms with E-state index >= 15 is 0 Å². The number of carbonyl (C=O) groups excluding carboxylic acids is 1. The minimum atomic E-state index is -0.771. The molecule has 0 saturated carbocycles. The fourth-order valence-corrected chi connectivity index (χ4v) is 3.81. The summed E-state index contributed by atoms with van der Waals surface area (Å²) in [4.78, 5) is 24.4. The maximum Gasteiger partial charge on any atom is 0.273 e. The lowest BCUT2D eigenvalue weighted by atomic mass is 10.0. The molecule has 0 aromatic heterocycles. The number of hydrogen-bond acceptors (Lipinski definition) is 3. The van der Waals surface area contributed by atoms with Crippen LogP contribution in [-0.2, 0) is 0 Å². The molecule has 2 aliphatic heterocycles. The molecule has 2 heterocycles. The van der Waals surface area contributed by atoms with Crippen molar-refractivity contribution in [2.24, 2.45) is 0 Å². The van der Waals surface area contributed by atoms with Crippen molar-refractivity contribution in [1.29, 1.82) is 0 Å². The van der Waals surface area contributed by atoms with E-state index in [1.807, 2.05) is 0 Å². The molecular weight excluding hydrogens is 299 g/mol. The smallest absolute Gasteiger partial charge is 0.273 e. The first-order valence-electron chi connectivity index (χ1n) is 6.87. The van der Waals surface area contributed by atoms with Crippen LogP contribution < -0.4 is 0 Å². The van der Waals surface area contributed by atoms with Gasteiger partial charge in [0.05, 0.1) is 11.0 Å². The third kappa shape index (κ3) is 2.60. The minimum absolute atomic E-state index is 0.0339. The van der Waals surface area contributed by atoms with Gasteiger partial charge in [0, 0.05) is 29.1 Å². The summed E-state index contributed by atoms with van der Waals surface area (Å²) in [7, 11) is 0. The highest BCUT2D eigenvalue weighted by molar-refractivity contribution is 6.20. The molecule has 1 aromatic rings. The number of non-ortho nitro benzene ring substituents is 1. The molecule has 2 saturated heterocycles. The molecule has 1 amide bonds. The largest absolute Gasteiger partial charge is 0.333 e. The number of amides is 1. The second-order valence-corrected chi connectivity index (χ2v) is 6.24. The van der Waals surface area contributed by atoms with E-state index in [0.29, 0.717) is 0 Å². The van der Waals surface area contributed by atoms with Gasteiger partial charge < -0.3 is 4.90 Å². The molecule has 2 fully saturated rings. The molecular formula is C14H14ClFN2O3. The van der Waals surface area contributed by atoms with Gasteiger partial charge >= 0.3 is 0 Å². The third-order valence-electron chi connectivity index (χ3n) is 4.25. The van der Waals surface area contributed by atoms with Crippen LogP contribution in [0.5, 0.6) is 0 Å². The summed E-state index contributed by atoms with van der Waals surface area (Å²) in [6, 6.07) is 3.12. The fourth-order valence-electron chi connectivity index (χ4n) is 3.39. The number of halogens is 2. The van der Waals surface area contributed by atoms with Crippen LogP contribution in [0, 0.1) is 15.9 Å². The average molecular weight is 313 g/mol. The highest BCUT2D eigenvalue weighted by Gasteiger charge is 2.43. The summed E-state index contributed by atoms with van der Waals surface area (Å²) in [6.07, 6.45) is 3.22. The third-order valence-corrected chi connectivity index (χ3v) is 4.61. The minimum Gasteiger partial charge on any atom is -0.333 e. The number of rotatable bonds is 2. The van der Waals surface area contributed by atoms with Crippen molar-refractivity contribution in [2.45, 2.75) is 43.1 Å². The Morgan fingerprint density at radius 3 is 2.48 bits per heavy atom. The standard InChI is InChI=1S/C14H14ClFN2O3/c15-9-5-11-1-2-12(6-9)17(11)14(19)8-3-10(16)7-13(4-8)18(20)21/h3-4,7,9,11-12H,1-2,5-6H2. The normalized spacial score (nSPS) is 27.7. The Balaban J connectivity index is 1.91. The lowest BCUT2D eigenvalue weighted by Gasteiger charge is -2.37. The van der Waals surface area contributed by atoms with Crippen LogP contribution >= 0.6 is 11.6 Å². The van der Waals surface area contributed by atoms with E-state index in [4.69, 9.17) is 11.6 Å². The predicted molar refractivity (Wildman–Crippen MR) is 74.9 cm³/mol. The van der Waals surface area contributed by atoms with Crippen molar-refractivity contribution in [3.63, 3.8) is 0 Å². The summed E-state index contributed by atoms with van der Waals surface area (Å²) in [5.41, 5.74) is -0.371. The zero-order chi connectivity index (χ0) is 15.1. The molecule has 0 N–H and O–H groups in total. The monoisotopic (exact) mass is 312 g/mol. The Kier molecular flexibility index (Phi) is 3.57. The molecule has 3 rings (SSSR count). The number of piperidine rings is 1. The molecule has 112 valence electrons. The Morgan fingerprint density at radius 2 is 1.90 bits per heavy atom. The number of carbonyl (C=O) groups is 1. The lowest BCUT2D eigenvalue weighted by Crippen LogP contribution is -2.47. The van der Waals surface area contributed by atoms with Gasteiger partial charge in [-0.3, -0.25) is 14.9 Å². The van der Waals surface area contributed by atoms with Gasteiger partial charge in [0.25, 0.3) is 11.6 Å². The van der Waals surface area contributed by atoms with Crippen molar-refractivity contribution in [1.82, 2.24) is 4.90 Å². The first kappa shape index (κ1) is 14.3. The van der Waals surface area contributed by atoms with Crippen LogP contribution in [-0.4, -0.2) is 33.2 Å². The first-order chi connectivity index (χ1) is 9.95. The van der Waals surface area contributed by atoms with Gasteiger partial charge in [-0.1, -0.05) is 0 Å². The molecule has 2 unspecified atom stereocenters. The zero-order valence-electron chi connectivity index (χ0n) is 11.2. The number of nitrogens with zero attached hydrogens (tertiary/aromatic N) is 2. The number of nitro groups is 1. The number of hydrogen-bond donors (Lipinski definition) is 0. The van der Waals surface area contributed by atoms with E-state index in [1.54, 1.807) is 4.90 Å². The SMILES string of the molecule is O=C(c1cc(F)cc([N+](=O)[O-])c1)N1C2CCC1CC(Cl)C2. The van der Waals surface area contributed by atoms with Crippen molar-refractivity contribution < 1.29 is 14.1 Å². The van der Waals surface area contributed by atoms with E-state index < -0.39 is 16.4 Å². The van der Waals surface area contributed by atoms with Crippen LogP contribution in [0.3, 0.4) is 0 Å². The molecule has 0 aliphatic carbocycles. The Morgan fingerprint density at radius 1 is 1.29 bits per heavy atom. The van der Waals surface area contributed by atoms with Gasteiger partial charge in [-0.05, 0) is 31.7 Å². The van der Waals surface area contributed by atoms with Crippen LogP contribution in [0.1, 0.15) is 36.0 Å². The topological polar surface area (TPSA) is 63.4 Å². The molecule has 5 nitrogen and oxygen atoms in total. The van der Waals surface area contributed by atoms with Crippen molar-refractivity contribution in [2.75, 3.05) is 0 Å². The molecule has 7 heteroatoms. The first-order valence-corrected chi connectivity index (χ1v) is 7.31. The van der Waals surface area contributed by atoms with E-state index in [-0.39, 0.29) is 28.9 Å². The zero-order valence-corrected chi connectivity index (χ0v) is 11.9. The van der Waals surface area contributed by atoms with Gasteiger partial charge in [-0.25, -0.2) is 4.39 Å². The second-order valence-electron chi connectivity index (χ2n) is 5.62. The summed E-state index contributed by atoms with van der Waals surface area (Å²) >= 11 is 6.17. The second kappa shape index (κ2) is 5.26. The van der Waals surface area contributed by atoms with Gasteiger partial charge in [-0.15, -0.1) is 11.6 Å². The number of fused-ring (bicyclic) bond motifs is 2. The highest BCUT2D eigenvalue weighted by atomic mass is 35.5. The number of benzene rings is 1. The van der Waals surface area contributed by atoms with Crippen LogP contribution in [0.2, 0.25) is 0 Å². The molecule has 21 heavy (non-hydrogen) atoms. The maximum atomic E-state index is 13.5. The van der Waals surface area contributed by atoms with E-state index in [9.17, 15) is 19.3 Å². The van der Waals surface area contributed by atoms with Crippen LogP contribution in [0.25, 0.3) is 0 Å². The van der Waals surface area contributed by atoms with Crippen molar-refractivity contribution in [3.8, 4) is 0 Å². The molecule has 1 aromatic carbocycles. The van der Waals surface area contributed by atoms with E-state index in [0.717, 1.165) is 43.9 Å². The quantitative estimate of drug-likeness (QED) is 0.479. The van der Waals surface area contributed by atoms with Crippen LogP contribution in [0.4, 0.5) is 10.1 Å². The van der Waals surface area contributed by atoms with E-state index in [2.05, 4.69) is 0 Å². The lowest BCUT2D eigenvalue weighted by molar-refractivity contribution is -0.385. The molecule has 2 atom stereocenters. The highest BCUT2D eigenvalue weighted by Crippen LogP contribution is 2.38. The molecule has 2 bridgehead atoms. The van der Waals surface area contributed by atoms with Crippen LogP contribution in [0.15, 0.2) is 18.2 Å². The van der Waals surface area contributed by atoms with Crippen molar-refractivity contribution >= 4 is 23.2 Å². The molecule has 2 aliphatic rings. The van der Waals surface area contributed by atoms with E-state index in [1.165, 1.54) is 0 Å². The van der Waals surface area contributed by atoms with Gasteiger partial charge in [0.2, 0.25) is 0 Å². The predicted octanol–water partition coefficient (Wildman–Crippen LogP) is 3.11. The Labute approximate surface area is 125 Å². The fraction of sp³-hybridized carbons (Fsp3) is 0.500. The number of alkyl halides is 1. The number of nitro benzene ring substituents is 1. The summed E-state index contributed by atoms with van der Waals surface area (Å²) in [5, 5.41) is 10.8. The van der Waals surface area contributed by atoms with Crippen molar-refractivity contribution in [3.05, 3.63) is 39.7 Å². The van der Waals surface area contributed by atoms with Gasteiger partial charge in [-0.2, -0.15) is 0 Å². The summed E-state index contributed by atoms with van der Waals surface area (Å²) in [5.74, 6) is -1.11. The Hall–Kier alpha value is -1.69. The summed E-state index contributed by atoms with van der Waals surface area (Å²) in [6.45, 7) is 0. The Bertz CT molecular complexity index is 596. The maximum absolute atomic E-state index is 13.5. The molecule has 0 radical (unpaired) electrons. The van der Waals surface area contributed by atoms with Gasteiger partial charge in [0.15, 0.2) is 0 Å². The summed E-state index contributed by atoms with van der Waals surface area (Å²) < 4.78 is 13.5. The van der Waals surface area contributed by atoms with Gasteiger partial charge in [0.1, 0.15) is 5.82 Å². The molecule has 0 spiro atoms.